The summed E-state index contributed by atoms with van der Waals surface area (Å²) < 4.78 is 11.1. The Kier molecular flexibility index (Phi) is 4.55. The van der Waals surface area contributed by atoms with Gasteiger partial charge in [-0.2, -0.15) is 4.98 Å². The molecular formula is C10H13BrN2O2. The van der Waals surface area contributed by atoms with Crippen LogP contribution in [-0.4, -0.2) is 23.7 Å². The Bertz CT molecular complexity index is 355. The molecule has 0 saturated carbocycles. The van der Waals surface area contributed by atoms with Crippen molar-refractivity contribution in [2.45, 2.75) is 13.3 Å². The van der Waals surface area contributed by atoms with E-state index in [0.717, 1.165) is 12.0 Å². The summed E-state index contributed by atoms with van der Waals surface area (Å²) in [4.78, 5) is 8.05. The van der Waals surface area contributed by atoms with Crippen LogP contribution in [0.15, 0.2) is 22.8 Å². The molecule has 0 atom stereocenters. The zero-order chi connectivity index (χ0) is 11.3. The third-order valence-corrected chi connectivity index (χ3v) is 2.19. The lowest BCUT2D eigenvalue weighted by Gasteiger charge is -2.06. The Morgan fingerprint density at radius 3 is 2.93 bits per heavy atom. The number of aromatic nitrogens is 2. The molecule has 1 rings (SSSR count). The van der Waals surface area contributed by atoms with Crippen molar-refractivity contribution in [2.24, 2.45) is 0 Å². The van der Waals surface area contributed by atoms with E-state index in [9.17, 15) is 0 Å². The second-order valence-electron chi connectivity index (χ2n) is 3.07. The number of nitrogens with zero attached hydrogens (tertiary/aromatic N) is 2. The maximum Gasteiger partial charge on any atom is 0.319 e. The molecule has 0 aliphatic carbocycles. The summed E-state index contributed by atoms with van der Waals surface area (Å²) in [7, 11) is 1.55. The monoisotopic (exact) mass is 272 g/mol. The molecule has 5 heteroatoms. The van der Waals surface area contributed by atoms with Gasteiger partial charge in [0.1, 0.15) is 0 Å². The number of methoxy groups -OCH3 is 1. The van der Waals surface area contributed by atoms with Crippen LogP contribution in [0.4, 0.5) is 0 Å². The van der Waals surface area contributed by atoms with Crippen LogP contribution in [0.25, 0.3) is 0 Å². The fourth-order valence-electron chi connectivity index (χ4n) is 0.865. The second-order valence-corrected chi connectivity index (χ2v) is 3.92. The first kappa shape index (κ1) is 12.0. The Hall–Kier alpha value is -1.10. The predicted octanol–water partition coefficient (Wildman–Crippen LogP) is 2.59. The van der Waals surface area contributed by atoms with E-state index in [0.29, 0.717) is 23.0 Å². The van der Waals surface area contributed by atoms with Crippen molar-refractivity contribution in [3.63, 3.8) is 0 Å². The molecule has 0 aliphatic heterocycles. The number of hydrogen-bond acceptors (Lipinski definition) is 4. The van der Waals surface area contributed by atoms with Crippen LogP contribution in [0, 0.1) is 0 Å². The Morgan fingerprint density at radius 1 is 1.60 bits per heavy atom. The van der Waals surface area contributed by atoms with Crippen LogP contribution >= 0.6 is 15.9 Å². The van der Waals surface area contributed by atoms with Gasteiger partial charge in [-0.3, -0.25) is 0 Å². The number of halogens is 1. The summed E-state index contributed by atoms with van der Waals surface area (Å²) in [5.74, 6) is 0.468. The molecule has 0 amide bonds. The van der Waals surface area contributed by atoms with Gasteiger partial charge in [-0.05, 0) is 22.9 Å². The van der Waals surface area contributed by atoms with Crippen molar-refractivity contribution in [3.05, 3.63) is 22.8 Å². The first-order chi connectivity index (χ1) is 7.13. The molecule has 0 fully saturated rings. The van der Waals surface area contributed by atoms with Crippen LogP contribution in [0.2, 0.25) is 0 Å². The number of hydrogen-bond donors (Lipinski definition) is 0. The van der Waals surface area contributed by atoms with Gasteiger partial charge in [0.05, 0.1) is 24.4 Å². The van der Waals surface area contributed by atoms with Crippen molar-refractivity contribution < 1.29 is 9.47 Å². The molecule has 4 nitrogen and oxygen atoms in total. The largest absolute Gasteiger partial charge is 0.480 e. The van der Waals surface area contributed by atoms with E-state index in [-0.39, 0.29) is 0 Å². The van der Waals surface area contributed by atoms with E-state index in [1.807, 2.05) is 6.92 Å². The van der Waals surface area contributed by atoms with Crippen molar-refractivity contribution in [3.8, 4) is 11.9 Å². The lowest BCUT2D eigenvalue weighted by Crippen LogP contribution is -2.02. The van der Waals surface area contributed by atoms with Gasteiger partial charge in [0.25, 0.3) is 0 Å². The van der Waals surface area contributed by atoms with E-state index in [4.69, 9.17) is 9.47 Å². The number of rotatable bonds is 5. The molecule has 0 saturated heterocycles. The summed E-state index contributed by atoms with van der Waals surface area (Å²) in [5.41, 5.74) is 1.07. The second kappa shape index (κ2) is 5.70. The normalized spacial score (nSPS) is 9.80. The average Bonchev–Trinajstić information content (AvgIpc) is 2.20. The van der Waals surface area contributed by atoms with Crippen molar-refractivity contribution in [1.29, 1.82) is 0 Å². The van der Waals surface area contributed by atoms with Gasteiger partial charge < -0.3 is 9.47 Å². The Morgan fingerprint density at radius 2 is 2.33 bits per heavy atom. The molecule has 15 heavy (non-hydrogen) atoms. The molecule has 1 heterocycles. The van der Waals surface area contributed by atoms with Gasteiger partial charge in [0.2, 0.25) is 5.88 Å². The van der Waals surface area contributed by atoms with E-state index in [1.165, 1.54) is 0 Å². The molecule has 0 aromatic carbocycles. The molecule has 1 aromatic heterocycles. The van der Waals surface area contributed by atoms with Crippen LogP contribution < -0.4 is 9.47 Å². The maximum atomic E-state index is 5.33. The van der Waals surface area contributed by atoms with E-state index < -0.39 is 0 Å². The minimum absolute atomic E-state index is 0.316. The maximum absolute atomic E-state index is 5.33. The van der Waals surface area contributed by atoms with Gasteiger partial charge in [-0.25, -0.2) is 4.98 Å². The summed E-state index contributed by atoms with van der Waals surface area (Å²) in [6, 6.07) is 0.316. The Balaban J connectivity index is 2.58. The first-order valence-corrected chi connectivity index (χ1v) is 5.26. The topological polar surface area (TPSA) is 44.2 Å². The Labute approximate surface area is 97.5 Å². The third-order valence-electron chi connectivity index (χ3n) is 1.64. The van der Waals surface area contributed by atoms with Gasteiger partial charge >= 0.3 is 6.01 Å². The van der Waals surface area contributed by atoms with Gasteiger partial charge in [-0.15, -0.1) is 6.58 Å². The van der Waals surface area contributed by atoms with Crippen molar-refractivity contribution >= 4 is 15.9 Å². The predicted molar refractivity (Wildman–Crippen MR) is 61.2 cm³/mol. The lowest BCUT2D eigenvalue weighted by molar-refractivity contribution is 0.287. The minimum Gasteiger partial charge on any atom is -0.480 e. The van der Waals surface area contributed by atoms with E-state index >= 15 is 0 Å². The SMILES string of the molecule is C=C(C)CCOc1ncc(Br)c(OC)n1. The van der Waals surface area contributed by atoms with E-state index in [1.54, 1.807) is 13.3 Å². The fourth-order valence-corrected chi connectivity index (χ4v) is 1.22. The molecule has 1 aromatic rings. The molecule has 82 valence electrons. The highest BCUT2D eigenvalue weighted by atomic mass is 79.9. The summed E-state index contributed by atoms with van der Waals surface area (Å²) in [6.07, 6.45) is 2.39. The minimum atomic E-state index is 0.316. The standard InChI is InChI=1S/C10H13BrN2O2/c1-7(2)4-5-15-10-12-6-8(11)9(13-10)14-3/h6H,1,4-5H2,2-3H3. The highest BCUT2D eigenvalue weighted by Gasteiger charge is 2.05. The molecule has 0 spiro atoms. The zero-order valence-corrected chi connectivity index (χ0v) is 10.4. The van der Waals surface area contributed by atoms with E-state index in [2.05, 4.69) is 32.5 Å². The first-order valence-electron chi connectivity index (χ1n) is 4.47. The van der Waals surface area contributed by atoms with Crippen LogP contribution in [0.1, 0.15) is 13.3 Å². The quantitative estimate of drug-likeness (QED) is 0.773. The van der Waals surface area contributed by atoms with Gasteiger partial charge in [0.15, 0.2) is 0 Å². The summed E-state index contributed by atoms with van der Waals surface area (Å²) >= 11 is 3.26. The molecule has 0 aliphatic rings. The van der Waals surface area contributed by atoms with Crippen LogP contribution in [0.5, 0.6) is 11.9 Å². The molecule has 0 N–H and O–H groups in total. The highest BCUT2D eigenvalue weighted by Crippen LogP contribution is 2.22. The third kappa shape index (κ3) is 3.87. The van der Waals surface area contributed by atoms with Crippen LogP contribution in [-0.2, 0) is 0 Å². The molecule has 0 unspecified atom stereocenters. The fraction of sp³-hybridized carbons (Fsp3) is 0.400. The van der Waals surface area contributed by atoms with Crippen molar-refractivity contribution in [1.82, 2.24) is 9.97 Å². The van der Waals surface area contributed by atoms with Crippen LogP contribution in [0.3, 0.4) is 0 Å². The highest BCUT2D eigenvalue weighted by molar-refractivity contribution is 9.10. The van der Waals surface area contributed by atoms with Gasteiger partial charge in [0, 0.05) is 6.42 Å². The van der Waals surface area contributed by atoms with Crippen molar-refractivity contribution in [2.75, 3.05) is 13.7 Å². The summed E-state index contributed by atoms with van der Waals surface area (Å²) in [6.45, 7) is 6.26. The summed E-state index contributed by atoms with van der Waals surface area (Å²) in [5, 5.41) is 0. The molecule has 0 radical (unpaired) electrons. The average molecular weight is 273 g/mol. The number of ether oxygens (including phenoxy) is 2. The molecule has 0 bridgehead atoms. The smallest absolute Gasteiger partial charge is 0.319 e. The lowest BCUT2D eigenvalue weighted by atomic mass is 10.3. The molecular weight excluding hydrogens is 260 g/mol. The zero-order valence-electron chi connectivity index (χ0n) is 8.79. The van der Waals surface area contributed by atoms with Gasteiger partial charge in [-0.1, -0.05) is 5.57 Å².